The standard InChI is InChI=1S/C38H37Cl2N3O9/c1-38(2,3)52-37(46)42-33(22-10-7-6-8-11-22)24-12-9-13-25(16-24)50-21-32-41-34(36(44)45)35(51-32)26(18-27-28(39)19-43(47)20-29(27)40)23-14-15-30(48-4)31(17-23)49-5/h6-17,19-20,26,33H,18,21H2,1-5H3,(H2-,42,44,45,46,47)/t26-,33-/m0/s1. The Labute approximate surface area is 310 Å². The number of benzene rings is 3. The number of amides is 1. The molecule has 0 bridgehead atoms. The van der Waals surface area contributed by atoms with E-state index in [1.165, 1.54) is 26.6 Å². The lowest BCUT2D eigenvalue weighted by atomic mass is 9.88. The zero-order valence-corrected chi connectivity index (χ0v) is 30.5. The van der Waals surface area contributed by atoms with Crippen molar-refractivity contribution in [3.05, 3.63) is 135 Å². The van der Waals surface area contributed by atoms with Crippen molar-refractivity contribution in [2.45, 2.75) is 51.4 Å². The van der Waals surface area contributed by atoms with Crippen LogP contribution in [-0.2, 0) is 17.8 Å². The van der Waals surface area contributed by atoms with Crippen LogP contribution in [0.2, 0.25) is 10.0 Å². The van der Waals surface area contributed by atoms with E-state index >= 15 is 0 Å². The number of carboxylic acids is 1. The molecule has 2 aromatic heterocycles. The van der Waals surface area contributed by atoms with Crippen LogP contribution in [0.5, 0.6) is 17.2 Å². The summed E-state index contributed by atoms with van der Waals surface area (Å²) in [6.07, 6.45) is 1.96. The number of oxazole rings is 1. The molecule has 0 saturated carbocycles. The molecule has 272 valence electrons. The lowest BCUT2D eigenvalue weighted by Gasteiger charge is -2.24. The molecule has 5 aromatic rings. The smallest absolute Gasteiger partial charge is 0.408 e. The van der Waals surface area contributed by atoms with E-state index < -0.39 is 35.3 Å². The number of aromatic nitrogens is 2. The van der Waals surface area contributed by atoms with Gasteiger partial charge in [-0.1, -0.05) is 71.7 Å². The number of rotatable bonds is 13. The van der Waals surface area contributed by atoms with Gasteiger partial charge in [0.05, 0.1) is 26.2 Å². The number of pyridine rings is 1. The average molecular weight is 751 g/mol. The third-order valence-corrected chi connectivity index (χ3v) is 8.49. The van der Waals surface area contributed by atoms with Gasteiger partial charge in [0.2, 0.25) is 18.3 Å². The molecule has 2 N–H and O–H groups in total. The molecule has 52 heavy (non-hydrogen) atoms. The van der Waals surface area contributed by atoms with E-state index in [-0.39, 0.29) is 34.7 Å². The second-order valence-electron chi connectivity index (χ2n) is 12.6. The van der Waals surface area contributed by atoms with Crippen molar-refractivity contribution >= 4 is 35.3 Å². The van der Waals surface area contributed by atoms with Crippen molar-refractivity contribution in [3.63, 3.8) is 0 Å². The van der Waals surface area contributed by atoms with Crippen LogP contribution in [0.1, 0.15) is 77.1 Å². The summed E-state index contributed by atoms with van der Waals surface area (Å²) >= 11 is 13.0. The summed E-state index contributed by atoms with van der Waals surface area (Å²) in [6.45, 7) is 5.09. The fourth-order valence-electron chi connectivity index (χ4n) is 5.55. The highest BCUT2D eigenvalue weighted by atomic mass is 35.5. The highest BCUT2D eigenvalue weighted by Crippen LogP contribution is 2.39. The van der Waals surface area contributed by atoms with Gasteiger partial charge in [-0.05, 0) is 68.1 Å². The van der Waals surface area contributed by atoms with Crippen LogP contribution in [-0.4, -0.2) is 42.1 Å². The highest BCUT2D eigenvalue weighted by Gasteiger charge is 2.30. The topological polar surface area (TPSA) is 156 Å². The Kier molecular flexibility index (Phi) is 11.8. The Balaban J connectivity index is 1.48. The molecule has 12 nitrogen and oxygen atoms in total. The zero-order chi connectivity index (χ0) is 37.6. The first-order chi connectivity index (χ1) is 24.8. The van der Waals surface area contributed by atoms with E-state index in [2.05, 4.69) is 10.3 Å². The number of ether oxygens (including phenoxy) is 4. The summed E-state index contributed by atoms with van der Waals surface area (Å²) in [7, 11) is 2.97. The first kappa shape index (κ1) is 37.8. The second kappa shape index (κ2) is 16.3. The number of methoxy groups -OCH3 is 2. The molecule has 1 amide bonds. The normalized spacial score (nSPS) is 12.4. The van der Waals surface area contributed by atoms with Crippen LogP contribution < -0.4 is 29.4 Å². The van der Waals surface area contributed by atoms with E-state index in [4.69, 9.17) is 46.6 Å². The van der Waals surface area contributed by atoms with Gasteiger partial charge in [0.1, 0.15) is 32.9 Å². The number of carbonyl (C=O) groups excluding carboxylic acids is 2. The molecule has 5 rings (SSSR count). The maximum Gasteiger partial charge on any atom is 0.408 e. The summed E-state index contributed by atoms with van der Waals surface area (Å²) in [6, 6.07) is 20.9. The van der Waals surface area contributed by atoms with Crippen molar-refractivity contribution in [1.29, 1.82) is 0 Å². The predicted octanol–water partition coefficient (Wildman–Crippen LogP) is 6.45. The third kappa shape index (κ3) is 9.25. The summed E-state index contributed by atoms with van der Waals surface area (Å²) in [5.41, 5.74) is 1.35. The number of carbonyl (C=O) groups is 2. The van der Waals surface area contributed by atoms with Crippen molar-refractivity contribution in [2.75, 3.05) is 14.2 Å². The van der Waals surface area contributed by atoms with Gasteiger partial charge < -0.3 is 38.6 Å². The Morgan fingerprint density at radius 1 is 0.923 bits per heavy atom. The molecular weight excluding hydrogens is 713 g/mol. The fourth-order valence-corrected chi connectivity index (χ4v) is 6.16. The van der Waals surface area contributed by atoms with Gasteiger partial charge in [-0.3, -0.25) is 5.21 Å². The molecule has 2 heterocycles. The molecule has 0 radical (unpaired) electrons. The van der Waals surface area contributed by atoms with Gasteiger partial charge in [0.15, 0.2) is 18.1 Å². The molecule has 14 heteroatoms. The largest absolute Gasteiger partial charge is 0.543 e. The summed E-state index contributed by atoms with van der Waals surface area (Å²) in [5, 5.41) is 25.6. The van der Waals surface area contributed by atoms with Crippen molar-refractivity contribution in [2.24, 2.45) is 0 Å². The van der Waals surface area contributed by atoms with Crippen molar-refractivity contribution in [1.82, 2.24) is 10.3 Å². The lowest BCUT2D eigenvalue weighted by Crippen LogP contribution is -2.35. The average Bonchev–Trinajstić information content (AvgIpc) is 3.53. The van der Waals surface area contributed by atoms with E-state index in [1.54, 1.807) is 57.2 Å². The number of halogens is 2. The minimum absolute atomic E-state index is 0.0390. The number of hydrogen-bond donors (Lipinski definition) is 2. The molecular formula is C38H37Cl2N3O9. The summed E-state index contributed by atoms with van der Waals surface area (Å²) < 4.78 is 29.3. The van der Waals surface area contributed by atoms with E-state index in [1.807, 2.05) is 36.4 Å². The van der Waals surface area contributed by atoms with E-state index in [0.29, 0.717) is 33.9 Å². The van der Waals surface area contributed by atoms with Crippen LogP contribution >= 0.6 is 23.2 Å². The van der Waals surface area contributed by atoms with E-state index in [9.17, 15) is 19.9 Å². The molecule has 0 saturated heterocycles. The van der Waals surface area contributed by atoms with Gasteiger partial charge in [-0.2, -0.15) is 0 Å². The Bertz CT molecular complexity index is 2020. The molecule has 0 spiro atoms. The first-order valence-corrected chi connectivity index (χ1v) is 16.8. The monoisotopic (exact) mass is 749 g/mol. The molecule has 2 atom stereocenters. The molecule has 0 fully saturated rings. The summed E-state index contributed by atoms with van der Waals surface area (Å²) in [5.74, 6) is -1.26. The van der Waals surface area contributed by atoms with Crippen molar-refractivity contribution < 1.29 is 48.0 Å². The number of aromatic carboxylic acids is 1. The molecule has 0 aliphatic carbocycles. The van der Waals surface area contributed by atoms with Gasteiger partial charge in [-0.25, -0.2) is 9.78 Å². The number of nitrogens with one attached hydrogen (secondary N) is 1. The molecule has 0 aliphatic heterocycles. The number of carboxylic acid groups (broad SMARTS) is 1. The Morgan fingerprint density at radius 2 is 1.60 bits per heavy atom. The van der Waals surface area contributed by atoms with Gasteiger partial charge in [-0.15, -0.1) is 0 Å². The SMILES string of the molecule is COc1ccc([C@H](Cc2c(Cl)c[n+](O)cc2Cl)c2oc(COc3cccc([C@@H](NC(=O)OC(C)(C)C)c4ccccc4)c3)nc2C(=O)[O-])cc1OC. The van der Waals surface area contributed by atoms with Gasteiger partial charge in [0.25, 0.3) is 0 Å². The molecule has 3 aromatic carbocycles. The van der Waals surface area contributed by atoms with Crippen molar-refractivity contribution in [3.8, 4) is 17.2 Å². The minimum atomic E-state index is -1.57. The van der Waals surface area contributed by atoms with Crippen LogP contribution in [0, 0.1) is 0 Å². The quantitative estimate of drug-likeness (QED) is 0.101. The first-order valence-electron chi connectivity index (χ1n) is 16.0. The lowest BCUT2D eigenvalue weighted by molar-refractivity contribution is -0.904. The maximum atomic E-state index is 12.8. The second-order valence-corrected chi connectivity index (χ2v) is 13.5. The van der Waals surface area contributed by atoms with Gasteiger partial charge in [0, 0.05) is 16.2 Å². The number of nitrogens with zero attached hydrogens (tertiary/aromatic N) is 2. The maximum absolute atomic E-state index is 12.8. The van der Waals surface area contributed by atoms with E-state index in [0.717, 1.165) is 10.3 Å². The summed E-state index contributed by atoms with van der Waals surface area (Å²) in [4.78, 5) is 29.5. The minimum Gasteiger partial charge on any atom is -0.543 e. The highest BCUT2D eigenvalue weighted by molar-refractivity contribution is 6.35. The number of alkyl carbamates (subject to hydrolysis) is 1. The van der Waals surface area contributed by atoms with Crippen LogP contribution in [0.25, 0.3) is 0 Å². The predicted molar refractivity (Wildman–Crippen MR) is 188 cm³/mol. The molecule has 0 aliphatic rings. The Hall–Kier alpha value is -5.46. The fraction of sp³-hybridized carbons (Fsp3) is 0.263. The third-order valence-electron chi connectivity index (χ3n) is 7.84. The van der Waals surface area contributed by atoms with Crippen LogP contribution in [0.4, 0.5) is 4.79 Å². The number of hydrogen-bond acceptors (Lipinski definition) is 10. The van der Waals surface area contributed by atoms with Gasteiger partial charge >= 0.3 is 6.09 Å². The van der Waals surface area contributed by atoms with Crippen LogP contribution in [0.3, 0.4) is 0 Å². The Morgan fingerprint density at radius 3 is 2.23 bits per heavy atom. The van der Waals surface area contributed by atoms with Crippen LogP contribution in [0.15, 0.2) is 89.6 Å². The zero-order valence-electron chi connectivity index (χ0n) is 29.0. The molecule has 0 unspecified atom stereocenters.